The van der Waals surface area contributed by atoms with Crippen LogP contribution in [0.25, 0.3) is 87.7 Å². The van der Waals surface area contributed by atoms with Gasteiger partial charge in [-0.25, -0.2) is 0 Å². The minimum Gasteiger partial charge on any atom is -0.455 e. The van der Waals surface area contributed by atoms with E-state index in [-0.39, 0.29) is 0 Å². The van der Waals surface area contributed by atoms with Crippen molar-refractivity contribution in [3.05, 3.63) is 133 Å². The number of benzene rings is 7. The zero-order valence-electron chi connectivity index (χ0n) is 21.5. The first-order valence-electron chi connectivity index (χ1n) is 13.6. The van der Waals surface area contributed by atoms with Gasteiger partial charge in [-0.3, -0.25) is 0 Å². The van der Waals surface area contributed by atoms with Crippen molar-refractivity contribution in [1.29, 1.82) is 0 Å². The molecule has 0 N–H and O–H groups in total. The highest BCUT2D eigenvalue weighted by Crippen LogP contribution is 2.47. The molecule has 0 fully saturated rings. The molecule has 40 heavy (non-hydrogen) atoms. The molecular weight excluding hydrogens is 488 g/mol. The van der Waals surface area contributed by atoms with E-state index in [1.807, 2.05) is 12.1 Å². The molecule has 0 radical (unpaired) electrons. The van der Waals surface area contributed by atoms with Crippen molar-refractivity contribution >= 4 is 65.2 Å². The van der Waals surface area contributed by atoms with Gasteiger partial charge in [0.05, 0.1) is 0 Å². The zero-order chi connectivity index (χ0) is 26.2. The molecule has 0 saturated carbocycles. The van der Waals surface area contributed by atoms with E-state index in [1.54, 1.807) is 0 Å². The highest BCUT2D eigenvalue weighted by atomic mass is 16.3. The first-order valence-corrected chi connectivity index (χ1v) is 13.6. The van der Waals surface area contributed by atoms with Gasteiger partial charge in [0.1, 0.15) is 22.5 Å². The molecule has 186 valence electrons. The van der Waals surface area contributed by atoms with Crippen LogP contribution in [0.3, 0.4) is 0 Å². The van der Waals surface area contributed by atoms with Crippen molar-refractivity contribution in [3.8, 4) is 22.5 Å². The molecule has 0 unspecified atom stereocenters. The van der Waals surface area contributed by atoms with Crippen LogP contribution in [-0.4, -0.2) is 0 Å². The molecule has 0 aliphatic carbocycles. The molecule has 2 heteroatoms. The van der Waals surface area contributed by atoms with Gasteiger partial charge in [-0.2, -0.15) is 0 Å². The van der Waals surface area contributed by atoms with E-state index >= 15 is 0 Å². The van der Waals surface area contributed by atoms with Crippen LogP contribution in [0, 0.1) is 0 Å². The van der Waals surface area contributed by atoms with Crippen LogP contribution in [0.4, 0.5) is 0 Å². The molecule has 9 rings (SSSR count). The number of hydrogen-bond donors (Lipinski definition) is 0. The Balaban J connectivity index is 1.42. The molecule has 2 nitrogen and oxygen atoms in total. The predicted molar refractivity (Wildman–Crippen MR) is 167 cm³/mol. The van der Waals surface area contributed by atoms with Crippen LogP contribution in [0.5, 0.6) is 0 Å². The predicted octanol–water partition coefficient (Wildman–Crippen LogP) is 11.1. The van der Waals surface area contributed by atoms with Gasteiger partial charge < -0.3 is 8.83 Å². The summed E-state index contributed by atoms with van der Waals surface area (Å²) in [4.78, 5) is 0. The lowest BCUT2D eigenvalue weighted by molar-refractivity contribution is 0.636. The Morgan fingerprint density at radius 3 is 1.68 bits per heavy atom. The fourth-order valence-electron chi connectivity index (χ4n) is 6.52. The maximum Gasteiger partial charge on any atom is 0.143 e. The van der Waals surface area contributed by atoms with E-state index in [1.165, 1.54) is 21.7 Å². The number of rotatable bonds is 2. The summed E-state index contributed by atoms with van der Waals surface area (Å²) < 4.78 is 13.2. The first kappa shape index (κ1) is 21.6. The van der Waals surface area contributed by atoms with Crippen molar-refractivity contribution < 1.29 is 8.83 Å². The van der Waals surface area contributed by atoms with Crippen LogP contribution in [0.15, 0.2) is 142 Å². The maximum atomic E-state index is 6.72. The summed E-state index contributed by atoms with van der Waals surface area (Å²) in [5, 5.41) is 10.4. The fourth-order valence-corrected chi connectivity index (χ4v) is 6.52. The number of furan rings is 2. The summed E-state index contributed by atoms with van der Waals surface area (Å²) in [6.45, 7) is 0. The highest BCUT2D eigenvalue weighted by Gasteiger charge is 2.21. The van der Waals surface area contributed by atoms with Gasteiger partial charge in [0.25, 0.3) is 0 Å². The maximum absolute atomic E-state index is 6.72. The number of fused-ring (bicyclic) bond motifs is 8. The fraction of sp³-hybridized carbons (Fsp3) is 0. The standard InChI is InChI=1S/C38H22O2/c1-2-11-25-23(10-1)20-21-24-22-34(40-37(24)25)36-29-15-5-3-13-27(29)35(28-14-4-6-16-30(28)36)32-18-9-17-31-26-12-7-8-19-33(26)39-38(31)32/h1-22H. The van der Waals surface area contributed by atoms with E-state index in [4.69, 9.17) is 8.83 Å². The Hall–Kier alpha value is -5.34. The molecule has 7 aromatic carbocycles. The van der Waals surface area contributed by atoms with Crippen LogP contribution < -0.4 is 0 Å². The second-order valence-electron chi connectivity index (χ2n) is 10.4. The summed E-state index contributed by atoms with van der Waals surface area (Å²) in [5.74, 6) is 0.882. The molecule has 0 atom stereocenters. The van der Waals surface area contributed by atoms with Crippen LogP contribution in [0.1, 0.15) is 0 Å². The molecule has 0 amide bonds. The first-order chi connectivity index (χ1) is 19.8. The average Bonchev–Trinajstić information content (AvgIpc) is 3.62. The van der Waals surface area contributed by atoms with E-state index in [9.17, 15) is 0 Å². The summed E-state index contributed by atoms with van der Waals surface area (Å²) in [7, 11) is 0. The van der Waals surface area contributed by atoms with Gasteiger partial charge >= 0.3 is 0 Å². The minimum absolute atomic E-state index is 0.882. The van der Waals surface area contributed by atoms with E-state index in [2.05, 4.69) is 121 Å². The number of para-hydroxylation sites is 2. The van der Waals surface area contributed by atoms with Gasteiger partial charge in [-0.1, -0.05) is 121 Å². The molecule has 0 aliphatic rings. The summed E-state index contributed by atoms with van der Waals surface area (Å²) in [6.07, 6.45) is 0. The van der Waals surface area contributed by atoms with Crippen LogP contribution >= 0.6 is 0 Å². The lowest BCUT2D eigenvalue weighted by Gasteiger charge is -2.16. The molecule has 2 aromatic heterocycles. The lowest BCUT2D eigenvalue weighted by Crippen LogP contribution is -1.90. The average molecular weight is 511 g/mol. The Morgan fingerprint density at radius 2 is 0.925 bits per heavy atom. The Bertz CT molecular complexity index is 2380. The molecule has 0 spiro atoms. The van der Waals surface area contributed by atoms with Gasteiger partial charge in [-0.15, -0.1) is 0 Å². The monoisotopic (exact) mass is 510 g/mol. The topological polar surface area (TPSA) is 26.3 Å². The van der Waals surface area contributed by atoms with E-state index < -0.39 is 0 Å². The molecular formula is C38H22O2. The third-order valence-electron chi connectivity index (χ3n) is 8.26. The molecule has 2 heterocycles. The van der Waals surface area contributed by atoms with Crippen molar-refractivity contribution in [2.75, 3.05) is 0 Å². The molecule has 9 aromatic rings. The normalized spacial score (nSPS) is 12.0. The second kappa shape index (κ2) is 8.08. The summed E-state index contributed by atoms with van der Waals surface area (Å²) in [5.41, 5.74) is 6.15. The van der Waals surface area contributed by atoms with Gasteiger partial charge in [0, 0.05) is 38.2 Å². The molecule has 0 aliphatic heterocycles. The van der Waals surface area contributed by atoms with Crippen LogP contribution in [0.2, 0.25) is 0 Å². The smallest absolute Gasteiger partial charge is 0.143 e. The van der Waals surface area contributed by atoms with E-state index in [0.717, 1.165) is 66.0 Å². The SMILES string of the molecule is c1ccc2c(c1)ccc1cc(-c3c4ccccc4c(-c4cccc5c4oc4ccccc45)c4ccccc34)oc12. The Labute approximate surface area is 229 Å². The third kappa shape index (κ3) is 2.93. The second-order valence-corrected chi connectivity index (χ2v) is 10.4. The largest absolute Gasteiger partial charge is 0.455 e. The number of hydrogen-bond acceptors (Lipinski definition) is 2. The Kier molecular flexibility index (Phi) is 4.36. The van der Waals surface area contributed by atoms with Crippen LogP contribution in [-0.2, 0) is 0 Å². The van der Waals surface area contributed by atoms with Gasteiger partial charge in [0.2, 0.25) is 0 Å². The quantitative estimate of drug-likeness (QED) is 0.216. The minimum atomic E-state index is 0.882. The van der Waals surface area contributed by atoms with Gasteiger partial charge in [0.15, 0.2) is 0 Å². The van der Waals surface area contributed by atoms with Crippen molar-refractivity contribution in [1.82, 2.24) is 0 Å². The molecule has 0 bridgehead atoms. The summed E-state index contributed by atoms with van der Waals surface area (Å²) >= 11 is 0. The highest BCUT2D eigenvalue weighted by molar-refractivity contribution is 6.24. The zero-order valence-corrected chi connectivity index (χ0v) is 21.5. The van der Waals surface area contributed by atoms with Crippen molar-refractivity contribution in [2.24, 2.45) is 0 Å². The van der Waals surface area contributed by atoms with Crippen molar-refractivity contribution in [3.63, 3.8) is 0 Å². The van der Waals surface area contributed by atoms with Gasteiger partial charge in [-0.05, 0) is 39.1 Å². The van der Waals surface area contributed by atoms with E-state index in [0.29, 0.717) is 0 Å². The Morgan fingerprint density at radius 1 is 0.350 bits per heavy atom. The summed E-state index contributed by atoms with van der Waals surface area (Å²) in [6, 6.07) is 47.0. The lowest BCUT2D eigenvalue weighted by atomic mass is 9.87. The van der Waals surface area contributed by atoms with Crippen molar-refractivity contribution in [2.45, 2.75) is 0 Å². The molecule has 0 saturated heterocycles. The third-order valence-corrected chi connectivity index (χ3v) is 8.26.